The predicted octanol–water partition coefficient (Wildman–Crippen LogP) is 4.94. The molecule has 1 aromatic heterocycles. The summed E-state index contributed by atoms with van der Waals surface area (Å²) < 4.78 is 49.7. The van der Waals surface area contributed by atoms with Crippen molar-refractivity contribution in [2.45, 2.75) is 37.0 Å². The second-order valence-corrected chi connectivity index (χ2v) is 7.20. The monoisotopic (exact) mass is 414 g/mol. The Morgan fingerprint density at radius 2 is 1.93 bits per heavy atom. The van der Waals surface area contributed by atoms with E-state index in [0.717, 1.165) is 50.2 Å². The van der Waals surface area contributed by atoms with Crippen molar-refractivity contribution in [1.29, 1.82) is 0 Å². The highest BCUT2D eigenvalue weighted by Gasteiger charge is 2.41. The van der Waals surface area contributed by atoms with Gasteiger partial charge in [-0.3, -0.25) is 0 Å². The lowest BCUT2D eigenvalue weighted by molar-refractivity contribution is -0.137. The lowest BCUT2D eigenvalue weighted by Crippen LogP contribution is -2.41. The first kappa shape index (κ1) is 20.9. The summed E-state index contributed by atoms with van der Waals surface area (Å²) in [6, 6.07) is 9.84. The summed E-state index contributed by atoms with van der Waals surface area (Å²) >= 11 is 0. The van der Waals surface area contributed by atoms with Crippen LogP contribution in [-0.4, -0.2) is 30.3 Å². The average molecular weight is 415 g/mol. The van der Waals surface area contributed by atoms with E-state index in [1.807, 2.05) is 18.2 Å². The van der Waals surface area contributed by atoms with E-state index in [9.17, 15) is 13.2 Å². The number of halogens is 4. The molecule has 1 N–H and O–H groups in total. The molecule has 0 saturated carbocycles. The van der Waals surface area contributed by atoms with E-state index in [1.54, 1.807) is 6.07 Å². The molecule has 1 atom stereocenters. The lowest BCUT2D eigenvalue weighted by atomic mass is 9.84. The quantitative estimate of drug-likeness (QED) is 0.772. The van der Waals surface area contributed by atoms with Crippen molar-refractivity contribution < 1.29 is 22.6 Å². The third-order valence-corrected chi connectivity index (χ3v) is 5.34. The van der Waals surface area contributed by atoms with Crippen molar-refractivity contribution in [3.63, 3.8) is 0 Å². The first-order valence-electron chi connectivity index (χ1n) is 9.09. The molecule has 1 spiro atoms. The number of nitrogens with zero attached hydrogens (tertiary/aromatic N) is 1. The maximum atomic E-state index is 12.6. The van der Waals surface area contributed by atoms with E-state index in [2.05, 4.69) is 10.3 Å². The highest BCUT2D eigenvalue weighted by Crippen LogP contribution is 2.42. The van der Waals surface area contributed by atoms with E-state index in [-0.39, 0.29) is 23.9 Å². The Morgan fingerprint density at radius 1 is 1.14 bits per heavy atom. The lowest BCUT2D eigenvalue weighted by Gasteiger charge is -2.33. The fourth-order valence-electron chi connectivity index (χ4n) is 3.85. The van der Waals surface area contributed by atoms with Crippen molar-refractivity contribution in [2.75, 3.05) is 19.7 Å². The summed E-state index contributed by atoms with van der Waals surface area (Å²) in [6.07, 6.45) is -0.593. The maximum absolute atomic E-state index is 12.6. The SMILES string of the molecule is Cl.FC(F)(F)c1ccc(Oc2cccc(C3COC4(CCNCC4)C3)c2)nc1. The smallest absolute Gasteiger partial charge is 0.417 e. The Morgan fingerprint density at radius 3 is 2.61 bits per heavy atom. The number of pyridine rings is 1. The Hall–Kier alpha value is -1.83. The van der Waals surface area contributed by atoms with Gasteiger partial charge in [0, 0.05) is 18.2 Å². The van der Waals surface area contributed by atoms with Gasteiger partial charge in [0.25, 0.3) is 0 Å². The highest BCUT2D eigenvalue weighted by atomic mass is 35.5. The van der Waals surface area contributed by atoms with Crippen LogP contribution in [0.3, 0.4) is 0 Å². The van der Waals surface area contributed by atoms with Gasteiger partial charge >= 0.3 is 6.18 Å². The molecule has 3 heterocycles. The molecule has 4 nitrogen and oxygen atoms in total. The zero-order chi connectivity index (χ0) is 18.9. The molecule has 2 aliphatic heterocycles. The minimum absolute atomic E-state index is 0. The Bertz CT molecular complexity index is 793. The molecule has 2 aromatic rings. The maximum Gasteiger partial charge on any atom is 0.417 e. The highest BCUT2D eigenvalue weighted by molar-refractivity contribution is 5.85. The number of rotatable bonds is 3. The van der Waals surface area contributed by atoms with Crippen LogP contribution < -0.4 is 10.1 Å². The molecule has 28 heavy (non-hydrogen) atoms. The Balaban J connectivity index is 0.00000225. The van der Waals surface area contributed by atoms with Crippen LogP contribution in [0.2, 0.25) is 0 Å². The number of hydrogen-bond acceptors (Lipinski definition) is 4. The molecule has 1 aromatic carbocycles. The van der Waals surface area contributed by atoms with Gasteiger partial charge in [-0.15, -0.1) is 12.4 Å². The first-order chi connectivity index (χ1) is 12.9. The number of aromatic nitrogens is 1. The third-order valence-electron chi connectivity index (χ3n) is 5.34. The summed E-state index contributed by atoms with van der Waals surface area (Å²) in [7, 11) is 0. The fourth-order valence-corrected chi connectivity index (χ4v) is 3.85. The van der Waals surface area contributed by atoms with E-state index in [4.69, 9.17) is 9.47 Å². The van der Waals surface area contributed by atoms with Crippen molar-refractivity contribution in [3.8, 4) is 11.6 Å². The zero-order valence-electron chi connectivity index (χ0n) is 15.2. The minimum atomic E-state index is -4.40. The summed E-state index contributed by atoms with van der Waals surface area (Å²) in [5.74, 6) is 0.996. The van der Waals surface area contributed by atoms with Crippen LogP contribution in [-0.2, 0) is 10.9 Å². The normalized spacial score (nSPS) is 21.3. The molecule has 152 valence electrons. The number of ether oxygens (including phenoxy) is 2. The largest absolute Gasteiger partial charge is 0.439 e. The molecule has 0 radical (unpaired) electrons. The molecular weight excluding hydrogens is 393 g/mol. The fraction of sp³-hybridized carbons (Fsp3) is 0.450. The van der Waals surface area contributed by atoms with Gasteiger partial charge in [0.2, 0.25) is 5.88 Å². The van der Waals surface area contributed by atoms with Gasteiger partial charge in [0.1, 0.15) is 5.75 Å². The number of alkyl halides is 3. The van der Waals surface area contributed by atoms with Crippen LogP contribution in [0.25, 0.3) is 0 Å². The van der Waals surface area contributed by atoms with Crippen molar-refractivity contribution >= 4 is 12.4 Å². The van der Waals surface area contributed by atoms with Crippen molar-refractivity contribution in [1.82, 2.24) is 10.3 Å². The molecule has 4 rings (SSSR count). The molecule has 1 unspecified atom stereocenters. The van der Waals surface area contributed by atoms with Crippen LogP contribution in [0.15, 0.2) is 42.6 Å². The minimum Gasteiger partial charge on any atom is -0.439 e. The molecule has 0 amide bonds. The molecule has 0 bridgehead atoms. The van der Waals surface area contributed by atoms with E-state index < -0.39 is 11.7 Å². The summed E-state index contributed by atoms with van der Waals surface area (Å²) in [5.41, 5.74) is 0.302. The van der Waals surface area contributed by atoms with E-state index in [1.165, 1.54) is 6.07 Å². The van der Waals surface area contributed by atoms with Crippen molar-refractivity contribution in [2.24, 2.45) is 0 Å². The molecule has 2 aliphatic rings. The van der Waals surface area contributed by atoms with Gasteiger partial charge in [0.05, 0.1) is 17.8 Å². The van der Waals surface area contributed by atoms with Gasteiger partial charge in [0.15, 0.2) is 0 Å². The Kier molecular flexibility index (Phi) is 6.17. The number of piperidine rings is 1. The first-order valence-corrected chi connectivity index (χ1v) is 9.09. The van der Waals surface area contributed by atoms with Crippen LogP contribution in [0.1, 0.15) is 36.3 Å². The van der Waals surface area contributed by atoms with Crippen LogP contribution in [0.4, 0.5) is 13.2 Å². The van der Waals surface area contributed by atoms with E-state index in [0.29, 0.717) is 18.3 Å². The second kappa shape index (κ2) is 8.27. The van der Waals surface area contributed by atoms with Crippen LogP contribution in [0, 0.1) is 0 Å². The topological polar surface area (TPSA) is 43.4 Å². The van der Waals surface area contributed by atoms with Crippen molar-refractivity contribution in [3.05, 3.63) is 53.7 Å². The zero-order valence-corrected chi connectivity index (χ0v) is 16.0. The predicted molar refractivity (Wildman–Crippen MR) is 101 cm³/mol. The molecule has 2 saturated heterocycles. The average Bonchev–Trinajstić information content (AvgIpc) is 3.06. The van der Waals surface area contributed by atoms with Crippen LogP contribution >= 0.6 is 12.4 Å². The number of hydrogen-bond donors (Lipinski definition) is 1. The Labute approximate surface area is 167 Å². The van der Waals surface area contributed by atoms with Gasteiger partial charge in [-0.2, -0.15) is 13.2 Å². The van der Waals surface area contributed by atoms with Gasteiger partial charge in [-0.05, 0) is 56.1 Å². The van der Waals surface area contributed by atoms with Gasteiger partial charge < -0.3 is 14.8 Å². The summed E-state index contributed by atoms with van der Waals surface area (Å²) in [5, 5.41) is 3.36. The standard InChI is InChI=1S/C20H21F3N2O2.ClH/c21-20(22,23)16-4-5-18(25-12-16)27-17-3-1-2-14(10-17)15-11-19(26-13-15)6-8-24-9-7-19;/h1-5,10,12,15,24H,6-9,11,13H2;1H. The van der Waals surface area contributed by atoms with Gasteiger partial charge in [-0.1, -0.05) is 12.1 Å². The number of benzene rings is 1. The molecule has 2 fully saturated rings. The molecular formula is C20H22ClF3N2O2. The van der Waals surface area contributed by atoms with E-state index >= 15 is 0 Å². The third kappa shape index (κ3) is 4.59. The molecule has 8 heteroatoms. The summed E-state index contributed by atoms with van der Waals surface area (Å²) in [6.45, 7) is 2.65. The van der Waals surface area contributed by atoms with Crippen LogP contribution in [0.5, 0.6) is 11.6 Å². The second-order valence-electron chi connectivity index (χ2n) is 7.20. The number of nitrogens with one attached hydrogen (secondary N) is 1. The van der Waals surface area contributed by atoms with Gasteiger partial charge in [-0.25, -0.2) is 4.98 Å². The molecule has 0 aliphatic carbocycles. The summed E-state index contributed by atoms with van der Waals surface area (Å²) in [4.78, 5) is 3.76.